The Bertz CT molecular complexity index is 916. The van der Waals surface area contributed by atoms with E-state index >= 15 is 4.39 Å². The molecule has 0 bridgehead atoms. The summed E-state index contributed by atoms with van der Waals surface area (Å²) in [5, 5.41) is 14.0. The van der Waals surface area contributed by atoms with Crippen LogP contribution in [0, 0.1) is 11.6 Å². The molecule has 1 aliphatic heterocycles. The fraction of sp³-hybridized carbons (Fsp3) is 0.412. The number of carbonyl (C=O) groups excluding carboxylic acids is 1. The Morgan fingerprint density at radius 1 is 1.42 bits per heavy atom. The van der Waals surface area contributed by atoms with Gasteiger partial charge >= 0.3 is 51.4 Å². The van der Waals surface area contributed by atoms with E-state index in [0.29, 0.717) is 19.6 Å². The van der Waals surface area contributed by atoms with Crippen molar-refractivity contribution in [2.45, 2.75) is 26.4 Å². The van der Waals surface area contributed by atoms with E-state index in [2.05, 4.69) is 5.32 Å². The number of rotatable bonds is 3. The van der Waals surface area contributed by atoms with Gasteiger partial charge in [0.15, 0.2) is 11.2 Å². The Hall–Kier alpha value is -0.844. The van der Waals surface area contributed by atoms with Crippen molar-refractivity contribution in [2.75, 3.05) is 24.5 Å². The van der Waals surface area contributed by atoms with E-state index < -0.39 is 28.6 Å². The average Bonchev–Trinajstić information content (AvgIpc) is 2.55. The van der Waals surface area contributed by atoms with Crippen LogP contribution in [0.15, 0.2) is 17.1 Å². The van der Waals surface area contributed by atoms with Crippen molar-refractivity contribution in [3.05, 3.63) is 39.7 Å². The molecule has 0 amide bonds. The average molecular weight is 389 g/mol. The maximum absolute atomic E-state index is 15.2. The number of nitrogens with zero attached hydrogens (tertiary/aromatic N) is 2. The second-order valence-electron chi connectivity index (χ2n) is 6.16. The number of fused-ring (bicyclic) bond motifs is 1. The van der Waals surface area contributed by atoms with Crippen LogP contribution in [-0.2, 0) is 6.54 Å². The van der Waals surface area contributed by atoms with E-state index in [9.17, 15) is 19.1 Å². The minimum atomic E-state index is -1.67. The molecule has 1 aromatic carbocycles. The number of benzene rings is 1. The van der Waals surface area contributed by atoms with E-state index in [1.807, 2.05) is 6.92 Å². The molecule has 2 aromatic rings. The van der Waals surface area contributed by atoms with Gasteiger partial charge in [-0.25, -0.2) is 8.78 Å². The predicted octanol–water partition coefficient (Wildman–Crippen LogP) is -2.53. The Labute approximate surface area is 191 Å². The molecule has 26 heavy (non-hydrogen) atoms. The predicted molar refractivity (Wildman–Crippen MR) is 87.8 cm³/mol. The first-order valence-electron chi connectivity index (χ1n) is 8.10. The van der Waals surface area contributed by atoms with Gasteiger partial charge in [0.1, 0.15) is 11.5 Å². The number of nitrogens with one attached hydrogen (secondary N) is 1. The molecule has 0 radical (unpaired) electrons. The normalized spacial score (nSPS) is 17.2. The number of carbonyl (C=O) groups is 1. The first-order chi connectivity index (χ1) is 11.8. The quantitative estimate of drug-likeness (QED) is 0.586. The Balaban J connectivity index is 0.00000243. The monoisotopic (exact) mass is 389 g/mol. The molecule has 2 heterocycles. The summed E-state index contributed by atoms with van der Waals surface area (Å²) in [6, 6.07) is 0.985. The van der Waals surface area contributed by atoms with Crippen molar-refractivity contribution in [3.63, 3.8) is 0 Å². The van der Waals surface area contributed by atoms with Crippen molar-refractivity contribution in [2.24, 2.45) is 0 Å². The van der Waals surface area contributed by atoms with Crippen molar-refractivity contribution in [1.29, 1.82) is 0 Å². The molecular weight excluding hydrogens is 371 g/mol. The van der Waals surface area contributed by atoms with Crippen LogP contribution >= 0.6 is 0 Å². The van der Waals surface area contributed by atoms with Gasteiger partial charge in [-0.15, -0.1) is 0 Å². The fourth-order valence-electron chi connectivity index (χ4n) is 3.30. The van der Waals surface area contributed by atoms with Crippen LogP contribution in [-0.4, -0.2) is 36.2 Å². The smallest absolute Gasteiger partial charge is 0.545 e. The maximum Gasteiger partial charge on any atom is 1.00 e. The summed E-state index contributed by atoms with van der Waals surface area (Å²) in [7, 11) is 0. The van der Waals surface area contributed by atoms with Crippen molar-refractivity contribution in [1.82, 2.24) is 9.88 Å². The number of aromatic nitrogens is 1. The number of halogens is 2. The van der Waals surface area contributed by atoms with Crippen molar-refractivity contribution in [3.8, 4) is 0 Å². The minimum absolute atomic E-state index is 0. The zero-order valence-corrected chi connectivity index (χ0v) is 18.1. The van der Waals surface area contributed by atoms with Gasteiger partial charge in [0.2, 0.25) is 0 Å². The summed E-state index contributed by atoms with van der Waals surface area (Å²) >= 11 is 0. The molecule has 1 N–H and O–H groups in total. The molecule has 0 spiro atoms. The van der Waals surface area contributed by atoms with Crippen LogP contribution in [0.4, 0.5) is 14.5 Å². The summed E-state index contributed by atoms with van der Waals surface area (Å²) in [6.07, 6.45) is 1.05. The number of carboxylic acid groups (broad SMARTS) is 1. The third-order valence-electron chi connectivity index (χ3n) is 4.48. The molecule has 1 saturated heterocycles. The second kappa shape index (κ2) is 8.45. The molecule has 1 fully saturated rings. The number of hydrogen-bond acceptors (Lipinski definition) is 5. The molecular formula is C17H18F2KN3O3. The molecule has 3 rings (SSSR count). The first-order valence-corrected chi connectivity index (χ1v) is 8.10. The number of pyridine rings is 1. The summed E-state index contributed by atoms with van der Waals surface area (Å²) in [6.45, 7) is 5.25. The van der Waals surface area contributed by atoms with Gasteiger partial charge in [-0.3, -0.25) is 4.79 Å². The van der Waals surface area contributed by atoms with E-state index in [4.69, 9.17) is 0 Å². The Morgan fingerprint density at radius 3 is 2.69 bits per heavy atom. The van der Waals surface area contributed by atoms with E-state index in [0.717, 1.165) is 12.3 Å². The number of carboxylic acids is 1. The summed E-state index contributed by atoms with van der Waals surface area (Å²) in [4.78, 5) is 25.0. The van der Waals surface area contributed by atoms with Crippen molar-refractivity contribution < 1.29 is 70.1 Å². The third-order valence-corrected chi connectivity index (χ3v) is 4.48. The molecule has 1 aromatic heterocycles. The fourth-order valence-corrected chi connectivity index (χ4v) is 3.30. The zero-order valence-electron chi connectivity index (χ0n) is 14.9. The topological polar surface area (TPSA) is 77.4 Å². The van der Waals surface area contributed by atoms with Crippen LogP contribution in [0.5, 0.6) is 0 Å². The zero-order chi connectivity index (χ0) is 18.3. The molecule has 134 valence electrons. The SMILES string of the molecule is CCn1cc(C(=O)[O-])c(=O)c2cc(F)c(N3CCNC(C)C3)c(F)c21.[K+]. The number of aromatic carboxylic acids is 1. The van der Waals surface area contributed by atoms with E-state index in [1.54, 1.807) is 11.8 Å². The largest absolute Gasteiger partial charge is 1.00 e. The van der Waals surface area contributed by atoms with Gasteiger partial charge in [0.25, 0.3) is 0 Å². The maximum atomic E-state index is 15.2. The van der Waals surface area contributed by atoms with E-state index in [1.165, 1.54) is 4.57 Å². The van der Waals surface area contributed by atoms with Crippen LogP contribution in [0.3, 0.4) is 0 Å². The number of anilines is 1. The molecule has 1 atom stereocenters. The summed E-state index contributed by atoms with van der Waals surface area (Å²) in [5.74, 6) is -3.41. The number of hydrogen-bond donors (Lipinski definition) is 1. The van der Waals surface area contributed by atoms with Gasteiger partial charge in [-0.05, 0) is 19.9 Å². The number of aryl methyl sites for hydroxylation is 1. The molecule has 9 heteroatoms. The molecule has 6 nitrogen and oxygen atoms in total. The standard InChI is InChI=1S/C17H19F2N3O3.K/c1-3-21-8-11(17(24)25)16(23)10-6-12(18)15(13(19)14(10)21)22-5-4-20-9(2)7-22;/h6,8-9,20H,3-5,7H2,1-2H3,(H,24,25);/q;+1/p-1. The molecule has 0 aliphatic carbocycles. The molecule has 1 unspecified atom stereocenters. The van der Waals surface area contributed by atoms with Gasteiger partial charge in [0, 0.05) is 38.4 Å². The second-order valence-corrected chi connectivity index (χ2v) is 6.16. The third kappa shape index (κ3) is 3.74. The summed E-state index contributed by atoms with van der Waals surface area (Å²) in [5.41, 5.74) is -1.85. The van der Waals surface area contributed by atoms with Gasteiger partial charge < -0.3 is 24.7 Å². The van der Waals surface area contributed by atoms with Crippen molar-refractivity contribution >= 4 is 22.6 Å². The molecule has 0 saturated carbocycles. The van der Waals surface area contributed by atoms with Gasteiger partial charge in [-0.1, -0.05) is 0 Å². The van der Waals surface area contributed by atoms with E-state index in [-0.39, 0.29) is 80.6 Å². The van der Waals surface area contributed by atoms with Gasteiger partial charge in [0.05, 0.1) is 22.4 Å². The first kappa shape index (κ1) is 21.5. The summed E-state index contributed by atoms with van der Waals surface area (Å²) < 4.78 is 31.1. The minimum Gasteiger partial charge on any atom is -0.545 e. The Morgan fingerprint density at radius 2 is 2.12 bits per heavy atom. The van der Waals surface area contributed by atoms with Crippen LogP contribution in [0.1, 0.15) is 24.2 Å². The van der Waals surface area contributed by atoms with Crippen LogP contribution in [0.2, 0.25) is 0 Å². The Kier molecular flexibility index (Phi) is 6.97. The van der Waals surface area contributed by atoms with Crippen LogP contribution in [0.25, 0.3) is 10.9 Å². The molecule has 1 aliphatic rings. The van der Waals surface area contributed by atoms with Crippen LogP contribution < -0.4 is 72.1 Å². The van der Waals surface area contributed by atoms with Gasteiger partial charge in [-0.2, -0.15) is 0 Å². The number of piperazine rings is 1.